The maximum absolute atomic E-state index is 13.0. The molecule has 3 aromatic rings. The Morgan fingerprint density at radius 1 is 1.07 bits per heavy atom. The molecule has 0 aliphatic heterocycles. The van der Waals surface area contributed by atoms with Crippen LogP contribution in [0.4, 0.5) is 5.69 Å². The molecule has 0 unspecified atom stereocenters. The molecule has 7 nitrogen and oxygen atoms in total. The van der Waals surface area contributed by atoms with Crippen LogP contribution in [0.25, 0.3) is 5.69 Å². The number of carbonyl (C=O) groups excluding carboxylic acids is 1. The molecule has 1 N–H and O–H groups in total. The Morgan fingerprint density at radius 3 is 2.37 bits per heavy atom. The number of anilines is 1. The second kappa shape index (κ2) is 9.13. The number of ether oxygens (including phenoxy) is 1. The number of hydrogen-bond donors (Lipinski definition) is 1. The Balaban J connectivity index is 1.80. The van der Waals surface area contributed by atoms with Crippen LogP contribution >= 0.6 is 0 Å². The van der Waals surface area contributed by atoms with Crippen LogP contribution in [0.15, 0.2) is 59.5 Å². The van der Waals surface area contributed by atoms with E-state index in [4.69, 9.17) is 4.74 Å². The minimum absolute atomic E-state index is 0.134. The van der Waals surface area contributed by atoms with E-state index in [1.807, 2.05) is 37.3 Å². The second-order valence-electron chi connectivity index (χ2n) is 6.92. The summed E-state index contributed by atoms with van der Waals surface area (Å²) in [4.78, 5) is 12.1. The average Bonchev–Trinajstić information content (AvgIpc) is 3.04. The molecule has 0 amide bonds. The second-order valence-corrected chi connectivity index (χ2v) is 8.54. The summed E-state index contributed by atoms with van der Waals surface area (Å²) in [5, 5.41) is 4.40. The van der Waals surface area contributed by atoms with Crippen molar-refractivity contribution >= 4 is 21.7 Å². The van der Waals surface area contributed by atoms with E-state index in [9.17, 15) is 13.2 Å². The van der Waals surface area contributed by atoms with Crippen LogP contribution < -0.4 is 4.72 Å². The molecule has 0 saturated carbocycles. The fourth-order valence-corrected chi connectivity index (χ4v) is 4.56. The number of aromatic nitrogens is 2. The SMILES string of the molecule is CCCCOC(=O)c1ccc(NS(=O)(=O)c2c(C)nn(-c3ccccc3)c2C)cc1. The number of unbranched alkanes of at least 4 members (excludes halogenated alkanes) is 1. The summed E-state index contributed by atoms with van der Waals surface area (Å²) < 4.78 is 35.4. The zero-order chi connectivity index (χ0) is 21.7. The van der Waals surface area contributed by atoms with E-state index in [0.717, 1.165) is 18.5 Å². The molecule has 2 aromatic carbocycles. The zero-order valence-corrected chi connectivity index (χ0v) is 18.1. The van der Waals surface area contributed by atoms with Gasteiger partial charge in [0.2, 0.25) is 0 Å². The first kappa shape index (κ1) is 21.6. The van der Waals surface area contributed by atoms with Crippen molar-refractivity contribution in [3.05, 3.63) is 71.5 Å². The first-order chi connectivity index (χ1) is 14.3. The maximum Gasteiger partial charge on any atom is 0.338 e. The Morgan fingerprint density at radius 2 is 1.73 bits per heavy atom. The normalized spacial score (nSPS) is 11.3. The fourth-order valence-electron chi connectivity index (χ4n) is 3.11. The van der Waals surface area contributed by atoms with Gasteiger partial charge in [-0.15, -0.1) is 0 Å². The van der Waals surface area contributed by atoms with Gasteiger partial charge in [0, 0.05) is 5.69 Å². The summed E-state index contributed by atoms with van der Waals surface area (Å²) in [6.45, 7) is 5.77. The molecule has 0 aliphatic rings. The number of esters is 1. The van der Waals surface area contributed by atoms with Crippen molar-refractivity contribution in [3.63, 3.8) is 0 Å². The van der Waals surface area contributed by atoms with Crippen LogP contribution in [0.5, 0.6) is 0 Å². The molecule has 1 aromatic heterocycles. The first-order valence-electron chi connectivity index (χ1n) is 9.75. The van der Waals surface area contributed by atoms with Gasteiger partial charge in [0.1, 0.15) is 4.90 Å². The maximum atomic E-state index is 13.0. The molecule has 0 saturated heterocycles. The smallest absolute Gasteiger partial charge is 0.338 e. The predicted molar refractivity (Wildman–Crippen MR) is 115 cm³/mol. The van der Waals surface area contributed by atoms with E-state index in [-0.39, 0.29) is 4.90 Å². The minimum atomic E-state index is -3.86. The highest BCUT2D eigenvalue weighted by Crippen LogP contribution is 2.25. The van der Waals surface area contributed by atoms with Gasteiger partial charge in [-0.25, -0.2) is 17.9 Å². The summed E-state index contributed by atoms with van der Waals surface area (Å²) in [6, 6.07) is 15.5. The van der Waals surface area contributed by atoms with Gasteiger partial charge in [-0.1, -0.05) is 31.5 Å². The predicted octanol–water partition coefficient (Wildman–Crippen LogP) is 4.25. The van der Waals surface area contributed by atoms with Gasteiger partial charge >= 0.3 is 5.97 Å². The third kappa shape index (κ3) is 4.71. The standard InChI is InChI=1S/C22H25N3O4S/c1-4-5-15-29-22(26)18-11-13-19(14-12-18)24-30(27,28)21-16(2)23-25(17(21)3)20-9-7-6-8-10-20/h6-14,24H,4-5,15H2,1-3H3. The van der Waals surface area contributed by atoms with Gasteiger partial charge in [0.25, 0.3) is 10.0 Å². The third-order valence-electron chi connectivity index (χ3n) is 4.60. The van der Waals surface area contributed by atoms with E-state index in [0.29, 0.717) is 29.2 Å². The molecular formula is C22H25N3O4S. The molecule has 8 heteroatoms. The van der Waals surface area contributed by atoms with E-state index in [1.165, 1.54) is 0 Å². The highest BCUT2D eigenvalue weighted by molar-refractivity contribution is 7.92. The van der Waals surface area contributed by atoms with E-state index in [1.54, 1.807) is 42.8 Å². The van der Waals surface area contributed by atoms with Crippen molar-refractivity contribution in [2.45, 2.75) is 38.5 Å². The Hall–Kier alpha value is -3.13. The molecule has 0 atom stereocenters. The van der Waals surface area contributed by atoms with E-state index < -0.39 is 16.0 Å². The number of nitrogens with zero attached hydrogens (tertiary/aromatic N) is 2. The van der Waals surface area contributed by atoms with Crippen LogP contribution in [0, 0.1) is 13.8 Å². The van der Waals surface area contributed by atoms with Crippen LogP contribution in [0.1, 0.15) is 41.5 Å². The van der Waals surface area contributed by atoms with Crippen LogP contribution in [-0.4, -0.2) is 30.8 Å². The first-order valence-corrected chi connectivity index (χ1v) is 11.2. The van der Waals surface area contributed by atoms with Crippen LogP contribution in [0.2, 0.25) is 0 Å². The largest absolute Gasteiger partial charge is 0.462 e. The lowest BCUT2D eigenvalue weighted by atomic mass is 10.2. The zero-order valence-electron chi connectivity index (χ0n) is 17.3. The lowest BCUT2D eigenvalue weighted by molar-refractivity contribution is 0.0500. The summed E-state index contributed by atoms with van der Waals surface area (Å²) in [7, 11) is -3.86. The third-order valence-corrected chi connectivity index (χ3v) is 6.23. The molecule has 0 bridgehead atoms. The summed E-state index contributed by atoms with van der Waals surface area (Å²) >= 11 is 0. The van der Waals surface area contributed by atoms with Gasteiger partial charge in [0.15, 0.2) is 0 Å². The molecule has 0 fully saturated rings. The lowest BCUT2D eigenvalue weighted by Gasteiger charge is -2.10. The topological polar surface area (TPSA) is 90.3 Å². The van der Waals surface area contributed by atoms with Crippen LogP contribution in [-0.2, 0) is 14.8 Å². The number of para-hydroxylation sites is 1. The van der Waals surface area contributed by atoms with Crippen molar-refractivity contribution in [3.8, 4) is 5.69 Å². The van der Waals surface area contributed by atoms with Gasteiger partial charge < -0.3 is 4.74 Å². The van der Waals surface area contributed by atoms with Crippen molar-refractivity contribution in [1.82, 2.24) is 9.78 Å². The minimum Gasteiger partial charge on any atom is -0.462 e. The number of hydrogen-bond acceptors (Lipinski definition) is 5. The lowest BCUT2D eigenvalue weighted by Crippen LogP contribution is -2.15. The fraction of sp³-hybridized carbons (Fsp3) is 0.273. The Labute approximate surface area is 176 Å². The van der Waals surface area contributed by atoms with Gasteiger partial charge in [-0.3, -0.25) is 4.72 Å². The van der Waals surface area contributed by atoms with Gasteiger partial charge in [-0.05, 0) is 56.7 Å². The number of carbonyl (C=O) groups is 1. The Bertz CT molecular complexity index is 1120. The molecular weight excluding hydrogens is 402 g/mol. The van der Waals surface area contributed by atoms with Crippen molar-refractivity contribution in [2.24, 2.45) is 0 Å². The number of nitrogens with one attached hydrogen (secondary N) is 1. The summed E-state index contributed by atoms with van der Waals surface area (Å²) in [6.07, 6.45) is 1.74. The molecule has 0 spiro atoms. The number of rotatable bonds is 8. The molecule has 158 valence electrons. The van der Waals surface area contributed by atoms with E-state index >= 15 is 0 Å². The van der Waals surface area contributed by atoms with E-state index in [2.05, 4.69) is 9.82 Å². The van der Waals surface area contributed by atoms with Crippen molar-refractivity contribution in [2.75, 3.05) is 11.3 Å². The monoisotopic (exact) mass is 427 g/mol. The van der Waals surface area contributed by atoms with Crippen molar-refractivity contribution in [1.29, 1.82) is 0 Å². The number of sulfonamides is 1. The molecule has 0 aliphatic carbocycles. The van der Waals surface area contributed by atoms with Gasteiger partial charge in [0.05, 0.1) is 29.2 Å². The quantitative estimate of drug-likeness (QED) is 0.429. The van der Waals surface area contributed by atoms with Gasteiger partial charge in [-0.2, -0.15) is 5.10 Å². The molecule has 1 heterocycles. The van der Waals surface area contributed by atoms with Crippen LogP contribution in [0.3, 0.4) is 0 Å². The summed E-state index contributed by atoms with van der Waals surface area (Å²) in [5.41, 5.74) is 2.43. The average molecular weight is 428 g/mol. The highest BCUT2D eigenvalue weighted by atomic mass is 32.2. The summed E-state index contributed by atoms with van der Waals surface area (Å²) in [5.74, 6) is -0.423. The molecule has 30 heavy (non-hydrogen) atoms. The Kier molecular flexibility index (Phi) is 6.56. The number of benzene rings is 2. The molecule has 3 rings (SSSR count). The number of aryl methyl sites for hydroxylation is 1. The van der Waals surface area contributed by atoms with Crippen molar-refractivity contribution < 1.29 is 17.9 Å². The highest BCUT2D eigenvalue weighted by Gasteiger charge is 2.25. The molecule has 0 radical (unpaired) electrons.